The SMILES string of the molecule is CC(C)COc1ccc(Br)c(CNC(C)C)c1. The molecule has 17 heavy (non-hydrogen) atoms. The highest BCUT2D eigenvalue weighted by molar-refractivity contribution is 9.10. The van der Waals surface area contributed by atoms with Crippen LogP contribution in [-0.2, 0) is 6.54 Å². The Hall–Kier alpha value is -0.540. The van der Waals surface area contributed by atoms with E-state index in [2.05, 4.69) is 55.0 Å². The maximum absolute atomic E-state index is 5.72. The van der Waals surface area contributed by atoms with Crippen LogP contribution in [0.25, 0.3) is 0 Å². The Morgan fingerprint density at radius 2 is 1.94 bits per heavy atom. The second kappa shape index (κ2) is 7.02. The van der Waals surface area contributed by atoms with Crippen LogP contribution in [0.15, 0.2) is 22.7 Å². The van der Waals surface area contributed by atoms with Gasteiger partial charge in [0.1, 0.15) is 5.75 Å². The molecule has 0 fully saturated rings. The summed E-state index contributed by atoms with van der Waals surface area (Å²) in [6.45, 7) is 10.2. The zero-order valence-corrected chi connectivity index (χ0v) is 12.7. The molecule has 2 nitrogen and oxygen atoms in total. The van der Waals surface area contributed by atoms with Gasteiger partial charge in [-0.25, -0.2) is 0 Å². The van der Waals surface area contributed by atoms with Crippen molar-refractivity contribution in [3.8, 4) is 5.75 Å². The molecule has 3 heteroatoms. The first-order chi connectivity index (χ1) is 7.99. The maximum atomic E-state index is 5.72. The van der Waals surface area contributed by atoms with E-state index in [1.54, 1.807) is 0 Å². The van der Waals surface area contributed by atoms with E-state index in [-0.39, 0.29) is 0 Å². The highest BCUT2D eigenvalue weighted by atomic mass is 79.9. The zero-order valence-electron chi connectivity index (χ0n) is 11.1. The minimum Gasteiger partial charge on any atom is -0.493 e. The molecule has 0 amide bonds. The van der Waals surface area contributed by atoms with Crippen LogP contribution in [0.5, 0.6) is 5.75 Å². The molecule has 1 aromatic carbocycles. The molecule has 96 valence electrons. The summed E-state index contributed by atoms with van der Waals surface area (Å²) >= 11 is 3.57. The van der Waals surface area contributed by atoms with Crippen molar-refractivity contribution in [2.24, 2.45) is 5.92 Å². The summed E-state index contributed by atoms with van der Waals surface area (Å²) < 4.78 is 6.85. The van der Waals surface area contributed by atoms with Crippen molar-refractivity contribution in [3.63, 3.8) is 0 Å². The molecule has 0 aromatic heterocycles. The fraction of sp³-hybridized carbons (Fsp3) is 0.571. The van der Waals surface area contributed by atoms with Crippen molar-refractivity contribution in [2.75, 3.05) is 6.61 Å². The van der Waals surface area contributed by atoms with Crippen LogP contribution >= 0.6 is 15.9 Å². The first-order valence-corrected chi connectivity index (χ1v) is 6.93. The molecule has 1 aromatic rings. The van der Waals surface area contributed by atoms with Crippen LogP contribution in [0, 0.1) is 5.92 Å². The smallest absolute Gasteiger partial charge is 0.119 e. The normalized spacial score (nSPS) is 11.2. The molecule has 0 aliphatic carbocycles. The minimum absolute atomic E-state index is 0.488. The van der Waals surface area contributed by atoms with Crippen LogP contribution in [0.4, 0.5) is 0 Å². The molecule has 0 heterocycles. The van der Waals surface area contributed by atoms with Crippen LogP contribution < -0.4 is 10.1 Å². The van der Waals surface area contributed by atoms with E-state index in [0.717, 1.165) is 23.4 Å². The van der Waals surface area contributed by atoms with E-state index in [0.29, 0.717) is 12.0 Å². The van der Waals surface area contributed by atoms with E-state index >= 15 is 0 Å². The molecule has 0 aliphatic rings. The topological polar surface area (TPSA) is 21.3 Å². The third kappa shape index (κ3) is 5.55. The predicted molar refractivity (Wildman–Crippen MR) is 76.5 cm³/mol. The van der Waals surface area contributed by atoms with Gasteiger partial charge in [0.05, 0.1) is 6.61 Å². The Morgan fingerprint density at radius 3 is 2.53 bits per heavy atom. The molecule has 0 atom stereocenters. The van der Waals surface area contributed by atoms with Gasteiger partial charge in [-0.15, -0.1) is 0 Å². The lowest BCUT2D eigenvalue weighted by atomic mass is 10.2. The average molecular weight is 300 g/mol. The largest absolute Gasteiger partial charge is 0.493 e. The van der Waals surface area contributed by atoms with Gasteiger partial charge >= 0.3 is 0 Å². The lowest BCUT2D eigenvalue weighted by Crippen LogP contribution is -2.22. The highest BCUT2D eigenvalue weighted by Crippen LogP contribution is 2.23. The molecule has 0 saturated heterocycles. The van der Waals surface area contributed by atoms with Crippen molar-refractivity contribution in [3.05, 3.63) is 28.2 Å². The number of rotatable bonds is 6. The molecule has 0 saturated carbocycles. The summed E-state index contributed by atoms with van der Waals surface area (Å²) in [7, 11) is 0. The predicted octanol–water partition coefficient (Wildman–Crippen LogP) is 3.98. The summed E-state index contributed by atoms with van der Waals surface area (Å²) in [4.78, 5) is 0. The van der Waals surface area contributed by atoms with Crippen LogP contribution in [0.2, 0.25) is 0 Å². The Kier molecular flexibility index (Phi) is 6.00. The Balaban J connectivity index is 2.65. The summed E-state index contributed by atoms with van der Waals surface area (Å²) in [6.07, 6.45) is 0. The van der Waals surface area contributed by atoms with E-state index in [9.17, 15) is 0 Å². The third-order valence-electron chi connectivity index (χ3n) is 2.30. The van der Waals surface area contributed by atoms with Crippen LogP contribution in [0.1, 0.15) is 33.3 Å². The molecule has 0 aliphatic heterocycles. The monoisotopic (exact) mass is 299 g/mol. The standard InChI is InChI=1S/C14H22BrNO/c1-10(2)9-17-13-5-6-14(15)12(7-13)8-16-11(3)4/h5-7,10-11,16H,8-9H2,1-4H3. The van der Waals surface area contributed by atoms with E-state index in [4.69, 9.17) is 4.74 Å². The third-order valence-corrected chi connectivity index (χ3v) is 3.07. The number of halogens is 1. The molecule has 0 spiro atoms. The second-order valence-corrected chi connectivity index (χ2v) is 5.85. The summed E-state index contributed by atoms with van der Waals surface area (Å²) in [6, 6.07) is 6.64. The van der Waals surface area contributed by atoms with Crippen molar-refractivity contribution in [2.45, 2.75) is 40.3 Å². The van der Waals surface area contributed by atoms with Gasteiger partial charge < -0.3 is 10.1 Å². The molecular formula is C14H22BrNO. The van der Waals surface area contributed by atoms with E-state index < -0.39 is 0 Å². The molecule has 0 unspecified atom stereocenters. The fourth-order valence-corrected chi connectivity index (χ4v) is 1.74. The average Bonchev–Trinajstić information content (AvgIpc) is 2.26. The second-order valence-electron chi connectivity index (χ2n) is 4.99. The van der Waals surface area contributed by atoms with Crippen molar-refractivity contribution in [1.82, 2.24) is 5.32 Å². The summed E-state index contributed by atoms with van der Waals surface area (Å²) in [5.41, 5.74) is 1.24. The van der Waals surface area contributed by atoms with Crippen LogP contribution in [0.3, 0.4) is 0 Å². The summed E-state index contributed by atoms with van der Waals surface area (Å²) in [5.74, 6) is 1.50. The lowest BCUT2D eigenvalue weighted by Gasteiger charge is -2.13. The first-order valence-electron chi connectivity index (χ1n) is 6.13. The highest BCUT2D eigenvalue weighted by Gasteiger charge is 2.04. The van der Waals surface area contributed by atoms with Crippen LogP contribution in [-0.4, -0.2) is 12.6 Å². The maximum Gasteiger partial charge on any atom is 0.119 e. The summed E-state index contributed by atoms with van der Waals surface area (Å²) in [5, 5.41) is 3.41. The van der Waals surface area contributed by atoms with Gasteiger partial charge in [0.2, 0.25) is 0 Å². The number of hydrogen-bond donors (Lipinski definition) is 1. The zero-order chi connectivity index (χ0) is 12.8. The Bertz CT molecular complexity index is 350. The number of hydrogen-bond acceptors (Lipinski definition) is 2. The Morgan fingerprint density at radius 1 is 1.24 bits per heavy atom. The van der Waals surface area contributed by atoms with E-state index in [1.807, 2.05) is 12.1 Å². The molecule has 1 rings (SSSR count). The van der Waals surface area contributed by atoms with Gasteiger partial charge in [-0.1, -0.05) is 43.6 Å². The Labute approximate surface area is 113 Å². The van der Waals surface area contributed by atoms with Crippen molar-refractivity contribution in [1.29, 1.82) is 0 Å². The molecular weight excluding hydrogens is 278 g/mol. The fourth-order valence-electron chi connectivity index (χ4n) is 1.35. The van der Waals surface area contributed by atoms with Gasteiger partial charge in [-0.3, -0.25) is 0 Å². The first kappa shape index (κ1) is 14.5. The quantitative estimate of drug-likeness (QED) is 0.858. The van der Waals surface area contributed by atoms with Gasteiger partial charge in [0.25, 0.3) is 0 Å². The van der Waals surface area contributed by atoms with Crippen molar-refractivity contribution < 1.29 is 4.74 Å². The molecule has 0 radical (unpaired) electrons. The van der Waals surface area contributed by atoms with Gasteiger partial charge in [-0.05, 0) is 29.7 Å². The molecule has 1 N–H and O–H groups in total. The van der Waals surface area contributed by atoms with Gasteiger partial charge in [-0.2, -0.15) is 0 Å². The van der Waals surface area contributed by atoms with E-state index in [1.165, 1.54) is 5.56 Å². The molecule has 0 bridgehead atoms. The number of benzene rings is 1. The lowest BCUT2D eigenvalue weighted by molar-refractivity contribution is 0.270. The van der Waals surface area contributed by atoms with Crippen molar-refractivity contribution >= 4 is 15.9 Å². The number of nitrogens with one attached hydrogen (secondary N) is 1. The van der Waals surface area contributed by atoms with Gasteiger partial charge in [0, 0.05) is 17.1 Å². The number of ether oxygens (including phenoxy) is 1. The van der Waals surface area contributed by atoms with Gasteiger partial charge in [0.15, 0.2) is 0 Å². The minimum atomic E-state index is 0.488.